The van der Waals surface area contributed by atoms with E-state index in [4.69, 9.17) is 0 Å². The minimum atomic E-state index is -0.140. The second-order valence-corrected chi connectivity index (χ2v) is 8.40. The van der Waals surface area contributed by atoms with Gasteiger partial charge in [0.1, 0.15) is 17.0 Å². The predicted octanol–water partition coefficient (Wildman–Crippen LogP) is 4.70. The van der Waals surface area contributed by atoms with Crippen molar-refractivity contribution in [1.29, 1.82) is 0 Å². The highest BCUT2D eigenvalue weighted by Gasteiger charge is 2.31. The third-order valence-electron chi connectivity index (χ3n) is 5.71. The molecule has 0 atom stereocenters. The highest BCUT2D eigenvalue weighted by molar-refractivity contribution is 7.19. The van der Waals surface area contributed by atoms with Gasteiger partial charge in [-0.2, -0.15) is 0 Å². The number of anilines is 2. The summed E-state index contributed by atoms with van der Waals surface area (Å²) in [4.78, 5) is 37.5. The van der Waals surface area contributed by atoms with Gasteiger partial charge in [0.15, 0.2) is 11.6 Å². The van der Waals surface area contributed by atoms with Crippen molar-refractivity contribution < 1.29 is 9.59 Å². The summed E-state index contributed by atoms with van der Waals surface area (Å²) in [7, 11) is 0. The molecule has 0 aliphatic heterocycles. The molecular weight excluding hydrogens is 382 g/mol. The number of carbonyl (C=O) groups excluding carboxylic acids is 2. The molecule has 140 valence electrons. The average Bonchev–Trinajstić information content (AvgIpc) is 3.33. The molecule has 0 amide bonds. The lowest BCUT2D eigenvalue weighted by Crippen LogP contribution is -2.22. The summed E-state index contributed by atoms with van der Waals surface area (Å²) in [5, 5.41) is 4.39. The number of hydrogen-bond acceptors (Lipinski definition) is 6. The first-order valence-corrected chi connectivity index (χ1v) is 10.4. The smallest absolute Gasteiger partial charge is 0.196 e. The quantitative estimate of drug-likeness (QED) is 0.467. The summed E-state index contributed by atoms with van der Waals surface area (Å²) in [5.74, 6) is 0.434. The molecule has 2 aromatic carbocycles. The maximum atomic E-state index is 13.2. The fraction of sp³-hybridized carbons (Fsp3) is 0.130. The third-order valence-corrected chi connectivity index (χ3v) is 6.91. The van der Waals surface area contributed by atoms with E-state index in [9.17, 15) is 9.59 Å². The minimum Gasteiger partial charge on any atom is -0.339 e. The summed E-state index contributed by atoms with van der Waals surface area (Å²) < 4.78 is 0. The van der Waals surface area contributed by atoms with E-state index in [2.05, 4.69) is 15.3 Å². The van der Waals surface area contributed by atoms with Crippen LogP contribution < -0.4 is 5.32 Å². The van der Waals surface area contributed by atoms with Crippen LogP contribution in [0, 0.1) is 0 Å². The molecule has 2 aliphatic rings. The maximum absolute atomic E-state index is 13.2. The molecule has 6 rings (SSSR count). The normalized spacial score (nSPS) is 14.6. The van der Waals surface area contributed by atoms with Crippen molar-refractivity contribution in [3.05, 3.63) is 81.5 Å². The Morgan fingerprint density at radius 2 is 1.66 bits per heavy atom. The van der Waals surface area contributed by atoms with Crippen LogP contribution in [-0.4, -0.2) is 21.5 Å². The minimum absolute atomic E-state index is 0.122. The van der Waals surface area contributed by atoms with Crippen molar-refractivity contribution in [1.82, 2.24) is 9.97 Å². The summed E-state index contributed by atoms with van der Waals surface area (Å²) in [6.07, 6.45) is 4.80. The lowest BCUT2D eigenvalue weighted by molar-refractivity contribution is 0.0979. The Morgan fingerprint density at radius 1 is 0.862 bits per heavy atom. The van der Waals surface area contributed by atoms with Gasteiger partial charge in [-0.05, 0) is 30.9 Å². The van der Waals surface area contributed by atoms with Crippen molar-refractivity contribution in [2.24, 2.45) is 0 Å². The number of aromatic nitrogens is 2. The van der Waals surface area contributed by atoms with Crippen molar-refractivity contribution in [2.75, 3.05) is 5.32 Å². The van der Waals surface area contributed by atoms with Crippen molar-refractivity contribution in [2.45, 2.75) is 19.3 Å². The molecule has 0 fully saturated rings. The van der Waals surface area contributed by atoms with Crippen LogP contribution in [0.3, 0.4) is 0 Å². The topological polar surface area (TPSA) is 72.0 Å². The molecule has 2 aromatic heterocycles. The van der Waals surface area contributed by atoms with E-state index >= 15 is 0 Å². The van der Waals surface area contributed by atoms with Crippen LogP contribution in [0.25, 0.3) is 10.2 Å². The first-order valence-electron chi connectivity index (χ1n) is 9.56. The van der Waals surface area contributed by atoms with Gasteiger partial charge in [0.05, 0.1) is 16.6 Å². The molecule has 2 heterocycles. The van der Waals surface area contributed by atoms with E-state index in [1.165, 1.54) is 10.4 Å². The van der Waals surface area contributed by atoms with Crippen molar-refractivity contribution >= 4 is 44.6 Å². The highest BCUT2D eigenvalue weighted by atomic mass is 32.1. The molecule has 0 unspecified atom stereocenters. The molecule has 0 bridgehead atoms. The molecule has 29 heavy (non-hydrogen) atoms. The lowest BCUT2D eigenvalue weighted by Gasteiger charge is -2.20. The monoisotopic (exact) mass is 397 g/mol. The van der Waals surface area contributed by atoms with Gasteiger partial charge in [0.2, 0.25) is 0 Å². The van der Waals surface area contributed by atoms with Crippen LogP contribution >= 0.6 is 11.3 Å². The summed E-state index contributed by atoms with van der Waals surface area (Å²) >= 11 is 1.72. The van der Waals surface area contributed by atoms with E-state index in [-0.39, 0.29) is 11.6 Å². The number of nitrogens with one attached hydrogen (secondary N) is 1. The molecule has 0 saturated carbocycles. The van der Waals surface area contributed by atoms with E-state index in [1.54, 1.807) is 54.1 Å². The van der Waals surface area contributed by atoms with Gasteiger partial charge < -0.3 is 5.32 Å². The largest absolute Gasteiger partial charge is 0.339 e. The van der Waals surface area contributed by atoms with Gasteiger partial charge in [-0.1, -0.05) is 36.4 Å². The molecule has 6 heteroatoms. The number of aryl methyl sites for hydroxylation is 2. The number of thiophene rings is 1. The number of hydrogen-bond donors (Lipinski definition) is 1. The Kier molecular flexibility index (Phi) is 3.46. The molecule has 0 spiro atoms. The number of benzene rings is 2. The van der Waals surface area contributed by atoms with Crippen molar-refractivity contribution in [3.8, 4) is 0 Å². The van der Waals surface area contributed by atoms with E-state index < -0.39 is 0 Å². The highest BCUT2D eigenvalue weighted by Crippen LogP contribution is 2.40. The molecule has 2 aliphatic carbocycles. The average molecular weight is 397 g/mol. The van der Waals surface area contributed by atoms with E-state index in [0.29, 0.717) is 33.8 Å². The Balaban J connectivity index is 1.52. The molecule has 0 radical (unpaired) electrons. The fourth-order valence-corrected chi connectivity index (χ4v) is 5.63. The van der Waals surface area contributed by atoms with Gasteiger partial charge in [-0.3, -0.25) is 9.59 Å². The Labute approximate surface area is 170 Å². The SMILES string of the molecule is O=C1c2ccccc2C(=O)c2c(Nc3ncnc4sc5c(c34)CCC5)cccc21. The van der Waals surface area contributed by atoms with Crippen LogP contribution in [0.4, 0.5) is 11.5 Å². The fourth-order valence-electron chi connectivity index (χ4n) is 4.40. The van der Waals surface area contributed by atoms with Gasteiger partial charge in [-0.25, -0.2) is 9.97 Å². The molecule has 5 nitrogen and oxygen atoms in total. The number of fused-ring (bicyclic) bond motifs is 5. The number of rotatable bonds is 2. The Hall–Kier alpha value is -3.38. The first kappa shape index (κ1) is 16.6. The summed E-state index contributed by atoms with van der Waals surface area (Å²) in [6.45, 7) is 0. The van der Waals surface area contributed by atoms with Crippen LogP contribution in [0.5, 0.6) is 0 Å². The second-order valence-electron chi connectivity index (χ2n) is 7.32. The third kappa shape index (κ3) is 2.32. The Morgan fingerprint density at radius 3 is 2.52 bits per heavy atom. The van der Waals surface area contributed by atoms with Crippen molar-refractivity contribution in [3.63, 3.8) is 0 Å². The zero-order valence-corrected chi connectivity index (χ0v) is 16.2. The molecule has 0 saturated heterocycles. The lowest BCUT2D eigenvalue weighted by atomic mass is 9.83. The van der Waals surface area contributed by atoms with E-state index in [0.717, 1.165) is 29.5 Å². The zero-order chi connectivity index (χ0) is 19.5. The zero-order valence-electron chi connectivity index (χ0n) is 15.4. The molecular formula is C23H15N3O2S. The summed E-state index contributed by atoms with van der Waals surface area (Å²) in [6, 6.07) is 12.3. The predicted molar refractivity (Wildman–Crippen MR) is 112 cm³/mol. The number of carbonyl (C=O) groups is 2. The second kappa shape index (κ2) is 6.06. The molecule has 4 aromatic rings. The van der Waals surface area contributed by atoms with Crippen LogP contribution in [-0.2, 0) is 12.8 Å². The van der Waals surface area contributed by atoms with Gasteiger partial charge >= 0.3 is 0 Å². The van der Waals surface area contributed by atoms with Gasteiger partial charge in [0.25, 0.3) is 0 Å². The van der Waals surface area contributed by atoms with Crippen LogP contribution in [0.2, 0.25) is 0 Å². The van der Waals surface area contributed by atoms with Gasteiger partial charge in [-0.15, -0.1) is 11.3 Å². The van der Waals surface area contributed by atoms with Crippen LogP contribution in [0.1, 0.15) is 48.7 Å². The number of nitrogens with zero attached hydrogens (tertiary/aromatic N) is 2. The first-order chi connectivity index (χ1) is 14.2. The molecule has 1 N–H and O–H groups in total. The van der Waals surface area contributed by atoms with Gasteiger partial charge in [0, 0.05) is 21.6 Å². The Bertz CT molecular complexity index is 1360. The number of ketones is 2. The van der Waals surface area contributed by atoms with E-state index in [1.807, 2.05) is 6.07 Å². The maximum Gasteiger partial charge on any atom is 0.196 e. The summed E-state index contributed by atoms with van der Waals surface area (Å²) in [5.41, 5.74) is 3.67. The van der Waals surface area contributed by atoms with Crippen LogP contribution in [0.15, 0.2) is 48.8 Å². The standard InChI is InChI=1S/C23H15N3O2S/c27-20-12-5-1-2-6-13(12)21(28)18-15(20)8-3-9-16(18)26-22-19-14-7-4-10-17(14)29-23(19)25-11-24-22/h1-3,5-6,8-9,11H,4,7,10H2,(H,24,25,26).